The van der Waals surface area contributed by atoms with Gasteiger partial charge in [-0.15, -0.1) is 0 Å². The van der Waals surface area contributed by atoms with Gasteiger partial charge in [0.15, 0.2) is 0 Å². The van der Waals surface area contributed by atoms with Gasteiger partial charge >= 0.3 is 0 Å². The Morgan fingerprint density at radius 2 is 2.00 bits per heavy atom. The van der Waals surface area contributed by atoms with Crippen molar-refractivity contribution >= 4 is 39.4 Å². The molecule has 0 saturated heterocycles. The number of hydrogen-bond acceptors (Lipinski definition) is 3. The number of pyridine rings is 1. The molecule has 1 aliphatic carbocycles. The molecule has 1 aliphatic rings. The number of carbonyl (C=O) groups is 2. The van der Waals surface area contributed by atoms with Gasteiger partial charge in [-0.2, -0.15) is 0 Å². The Morgan fingerprint density at radius 1 is 1.18 bits per heavy atom. The van der Waals surface area contributed by atoms with E-state index in [-0.39, 0.29) is 11.8 Å². The van der Waals surface area contributed by atoms with Crippen molar-refractivity contribution in [2.45, 2.75) is 12.8 Å². The lowest BCUT2D eigenvalue weighted by Gasteiger charge is -2.03. The number of carbonyl (C=O) groups excluding carboxylic acids is 2. The van der Waals surface area contributed by atoms with E-state index in [0.717, 1.165) is 34.6 Å². The van der Waals surface area contributed by atoms with Crippen molar-refractivity contribution in [3.8, 4) is 0 Å². The number of nitrogens with zero attached hydrogens (tertiary/aromatic N) is 1. The van der Waals surface area contributed by atoms with E-state index in [4.69, 9.17) is 5.73 Å². The number of nitrogens with two attached hydrogens (primary N) is 1. The predicted molar refractivity (Wildman–Crippen MR) is 83.5 cm³/mol. The molecule has 0 unspecified atom stereocenters. The summed E-state index contributed by atoms with van der Waals surface area (Å²) in [5, 5.41) is 4.76. The molecule has 4 N–H and O–H groups in total. The van der Waals surface area contributed by atoms with E-state index in [9.17, 15) is 9.59 Å². The number of H-pyrrole nitrogens is 1. The number of nitrogens with one attached hydrogen (secondary N) is 2. The topological polar surface area (TPSA) is 101 Å². The first-order valence-electron chi connectivity index (χ1n) is 7.14. The first-order chi connectivity index (χ1) is 10.6. The molecule has 6 heteroatoms. The van der Waals surface area contributed by atoms with E-state index < -0.39 is 5.91 Å². The Kier molecular flexibility index (Phi) is 2.66. The molecule has 0 spiro atoms. The van der Waals surface area contributed by atoms with Crippen molar-refractivity contribution < 1.29 is 9.59 Å². The third kappa shape index (κ3) is 2.09. The molecular weight excluding hydrogens is 280 g/mol. The second-order valence-electron chi connectivity index (χ2n) is 5.63. The van der Waals surface area contributed by atoms with E-state index in [1.807, 2.05) is 12.1 Å². The Hall–Kier alpha value is -2.89. The van der Waals surface area contributed by atoms with Gasteiger partial charge in [0.05, 0.1) is 11.7 Å². The Labute approximate surface area is 125 Å². The van der Waals surface area contributed by atoms with Crippen LogP contribution in [-0.4, -0.2) is 21.8 Å². The Morgan fingerprint density at radius 3 is 2.73 bits per heavy atom. The van der Waals surface area contributed by atoms with Crippen molar-refractivity contribution in [2.75, 3.05) is 5.32 Å². The van der Waals surface area contributed by atoms with Gasteiger partial charge < -0.3 is 16.0 Å². The van der Waals surface area contributed by atoms with E-state index in [2.05, 4.69) is 15.3 Å². The first-order valence-corrected chi connectivity index (χ1v) is 7.14. The summed E-state index contributed by atoms with van der Waals surface area (Å²) in [6.45, 7) is 0. The van der Waals surface area contributed by atoms with Gasteiger partial charge in [0, 0.05) is 27.8 Å². The first kappa shape index (κ1) is 12.8. The van der Waals surface area contributed by atoms with Crippen LogP contribution in [0.15, 0.2) is 30.5 Å². The highest BCUT2D eigenvalue weighted by Gasteiger charge is 2.29. The lowest BCUT2D eigenvalue weighted by molar-refractivity contribution is -0.117. The smallest absolute Gasteiger partial charge is 0.248 e. The summed E-state index contributed by atoms with van der Waals surface area (Å²) >= 11 is 0. The summed E-state index contributed by atoms with van der Waals surface area (Å²) < 4.78 is 0. The van der Waals surface area contributed by atoms with Crippen molar-refractivity contribution in [1.29, 1.82) is 0 Å². The van der Waals surface area contributed by atoms with E-state index in [0.29, 0.717) is 11.4 Å². The van der Waals surface area contributed by atoms with Gasteiger partial charge in [-0.1, -0.05) is 6.07 Å². The molecule has 6 nitrogen and oxygen atoms in total. The molecule has 1 aromatic carbocycles. The average Bonchev–Trinajstić information content (AvgIpc) is 3.28. The van der Waals surface area contributed by atoms with E-state index in [1.54, 1.807) is 18.3 Å². The van der Waals surface area contributed by atoms with Crippen LogP contribution in [0.2, 0.25) is 0 Å². The number of amides is 2. The monoisotopic (exact) mass is 294 g/mol. The number of primary amides is 1. The minimum atomic E-state index is -0.462. The summed E-state index contributed by atoms with van der Waals surface area (Å²) in [6, 6.07) is 7.11. The van der Waals surface area contributed by atoms with Crippen LogP contribution in [0.4, 0.5) is 5.82 Å². The molecule has 0 atom stereocenters. The van der Waals surface area contributed by atoms with Crippen LogP contribution in [0, 0.1) is 5.92 Å². The summed E-state index contributed by atoms with van der Waals surface area (Å²) in [5.41, 5.74) is 7.42. The summed E-state index contributed by atoms with van der Waals surface area (Å²) in [6.07, 6.45) is 3.59. The number of hydrogen-bond donors (Lipinski definition) is 3. The number of anilines is 1. The van der Waals surface area contributed by atoms with Crippen LogP contribution in [0.3, 0.4) is 0 Å². The van der Waals surface area contributed by atoms with Gasteiger partial charge in [0.1, 0.15) is 5.82 Å². The minimum Gasteiger partial charge on any atom is -0.366 e. The van der Waals surface area contributed by atoms with Crippen LogP contribution in [0.5, 0.6) is 0 Å². The SMILES string of the molecule is NC(=O)c1ccc2c(c1)[nH]c1cnc(NC(=O)C3CC3)cc12. The molecule has 22 heavy (non-hydrogen) atoms. The fourth-order valence-corrected chi connectivity index (χ4v) is 2.60. The number of aromatic nitrogens is 2. The second kappa shape index (κ2) is 4.56. The molecule has 0 bridgehead atoms. The third-order valence-electron chi connectivity index (χ3n) is 3.97. The lowest BCUT2D eigenvalue weighted by atomic mass is 10.1. The zero-order valence-electron chi connectivity index (χ0n) is 11.7. The van der Waals surface area contributed by atoms with Gasteiger partial charge in [-0.3, -0.25) is 9.59 Å². The van der Waals surface area contributed by atoms with E-state index >= 15 is 0 Å². The molecule has 2 aromatic heterocycles. The van der Waals surface area contributed by atoms with E-state index in [1.165, 1.54) is 0 Å². The highest BCUT2D eigenvalue weighted by molar-refractivity contribution is 6.10. The number of aromatic amines is 1. The van der Waals surface area contributed by atoms with Gasteiger partial charge in [-0.05, 0) is 31.0 Å². The normalized spacial score (nSPS) is 14.4. The highest BCUT2D eigenvalue weighted by atomic mass is 16.2. The van der Waals surface area contributed by atoms with Crippen molar-refractivity contribution in [3.63, 3.8) is 0 Å². The van der Waals surface area contributed by atoms with Crippen LogP contribution in [0.25, 0.3) is 21.8 Å². The fourth-order valence-electron chi connectivity index (χ4n) is 2.60. The summed E-state index contributed by atoms with van der Waals surface area (Å²) in [4.78, 5) is 30.5. The molecule has 3 aromatic rings. The van der Waals surface area contributed by atoms with Crippen LogP contribution >= 0.6 is 0 Å². The van der Waals surface area contributed by atoms with Crippen LogP contribution < -0.4 is 11.1 Å². The number of rotatable bonds is 3. The average molecular weight is 294 g/mol. The van der Waals surface area contributed by atoms with Crippen LogP contribution in [0.1, 0.15) is 23.2 Å². The van der Waals surface area contributed by atoms with Crippen molar-refractivity contribution in [3.05, 3.63) is 36.0 Å². The molecule has 110 valence electrons. The molecule has 4 rings (SSSR count). The second-order valence-corrected chi connectivity index (χ2v) is 5.63. The van der Waals surface area contributed by atoms with Gasteiger partial charge in [0.25, 0.3) is 0 Å². The molecule has 0 aliphatic heterocycles. The van der Waals surface area contributed by atoms with Gasteiger partial charge in [-0.25, -0.2) is 4.98 Å². The predicted octanol–water partition coefficient (Wildman–Crippen LogP) is 2.16. The largest absolute Gasteiger partial charge is 0.366 e. The third-order valence-corrected chi connectivity index (χ3v) is 3.97. The number of fused-ring (bicyclic) bond motifs is 3. The Balaban J connectivity index is 1.79. The molecule has 1 fully saturated rings. The minimum absolute atomic E-state index is 0.0303. The standard InChI is InChI=1S/C16H14N4O2/c17-15(21)9-3-4-10-11-6-14(20-16(22)8-1-2-8)18-7-13(11)19-12(10)5-9/h3-8,19H,1-2H2,(H2,17,21)(H,18,20,22). The molecule has 1 saturated carbocycles. The maximum atomic E-state index is 11.8. The number of benzene rings is 1. The quantitative estimate of drug-likeness (QED) is 0.690. The zero-order chi connectivity index (χ0) is 15.3. The lowest BCUT2D eigenvalue weighted by Crippen LogP contribution is -2.14. The maximum absolute atomic E-state index is 11.8. The summed E-state index contributed by atoms with van der Waals surface area (Å²) in [5.74, 6) is 0.252. The van der Waals surface area contributed by atoms with Crippen LogP contribution in [-0.2, 0) is 4.79 Å². The van der Waals surface area contributed by atoms with Crippen molar-refractivity contribution in [2.24, 2.45) is 11.7 Å². The zero-order valence-corrected chi connectivity index (χ0v) is 11.7. The van der Waals surface area contributed by atoms with Crippen molar-refractivity contribution in [1.82, 2.24) is 9.97 Å². The maximum Gasteiger partial charge on any atom is 0.248 e. The molecule has 2 heterocycles. The highest BCUT2D eigenvalue weighted by Crippen LogP contribution is 2.31. The van der Waals surface area contributed by atoms with Gasteiger partial charge in [0.2, 0.25) is 11.8 Å². The fraction of sp³-hybridized carbons (Fsp3) is 0.188. The molecular formula is C16H14N4O2. The Bertz CT molecular complexity index is 924. The molecule has 2 amide bonds. The summed E-state index contributed by atoms with van der Waals surface area (Å²) in [7, 11) is 0. The molecule has 0 radical (unpaired) electrons.